The Hall–Kier alpha value is -3.15. The number of unbranched alkanes of at least 4 members (excludes halogenated alkanes) is 30. The number of carbonyl (C=O) groups excluding carboxylic acids is 3. The molecule has 1 atom stereocenters. The monoisotopic (exact) mass is 963 g/mol. The van der Waals surface area contributed by atoms with Crippen LogP contribution in [0, 0.1) is 0 Å². The van der Waals surface area contributed by atoms with Crippen LogP contribution >= 0.6 is 0 Å². The number of ether oxygens (including phenoxy) is 3. The van der Waals surface area contributed by atoms with Gasteiger partial charge in [0, 0.05) is 19.3 Å². The van der Waals surface area contributed by atoms with E-state index < -0.39 is 6.10 Å². The highest BCUT2D eigenvalue weighted by Gasteiger charge is 2.19. The third-order valence-electron chi connectivity index (χ3n) is 12.7. The molecule has 0 spiro atoms. The van der Waals surface area contributed by atoms with Crippen molar-refractivity contribution in [1.82, 2.24) is 0 Å². The Morgan fingerprint density at radius 3 is 0.884 bits per heavy atom. The lowest BCUT2D eigenvalue weighted by Crippen LogP contribution is -2.30. The summed E-state index contributed by atoms with van der Waals surface area (Å²) in [6.45, 7) is 6.51. The molecule has 0 N–H and O–H groups in total. The van der Waals surface area contributed by atoms with Crippen molar-refractivity contribution in [2.45, 2.75) is 297 Å². The molecule has 0 saturated heterocycles. The van der Waals surface area contributed by atoms with Gasteiger partial charge in [0.1, 0.15) is 13.2 Å². The SMILES string of the molecule is CC/C=C\C/C=C\C/C=C\C/C=C\C/C=C\C/C=C\CCCCCCCCCCCCCCC(=O)OCC(COC(=O)CCCCCCCCCCC)OC(=O)CCCCCCCCCCCCC. The Morgan fingerprint density at radius 2 is 0.565 bits per heavy atom. The maximum Gasteiger partial charge on any atom is 0.306 e. The molecule has 0 aliphatic carbocycles. The minimum Gasteiger partial charge on any atom is -0.462 e. The molecule has 69 heavy (non-hydrogen) atoms. The third-order valence-corrected chi connectivity index (χ3v) is 12.7. The lowest BCUT2D eigenvalue weighted by Gasteiger charge is -2.18. The molecule has 0 saturated carbocycles. The second kappa shape index (κ2) is 57.4. The van der Waals surface area contributed by atoms with Crippen LogP contribution in [0.4, 0.5) is 0 Å². The average Bonchev–Trinajstić information content (AvgIpc) is 3.35. The minimum atomic E-state index is -0.769. The molecule has 0 heterocycles. The van der Waals surface area contributed by atoms with E-state index in [0.717, 1.165) is 96.3 Å². The molecule has 0 rings (SSSR count). The summed E-state index contributed by atoms with van der Waals surface area (Å²) in [5.74, 6) is -0.867. The highest BCUT2D eigenvalue weighted by Crippen LogP contribution is 2.16. The topological polar surface area (TPSA) is 78.9 Å². The molecule has 0 aliphatic heterocycles. The Balaban J connectivity index is 4.08. The van der Waals surface area contributed by atoms with Crippen LogP contribution in [0.25, 0.3) is 0 Å². The van der Waals surface area contributed by atoms with Crippen LogP contribution < -0.4 is 0 Å². The van der Waals surface area contributed by atoms with Gasteiger partial charge in [0.25, 0.3) is 0 Å². The summed E-state index contributed by atoms with van der Waals surface area (Å²) in [5, 5.41) is 0. The van der Waals surface area contributed by atoms with Crippen LogP contribution in [0.15, 0.2) is 72.9 Å². The minimum absolute atomic E-state index is 0.0708. The zero-order valence-corrected chi connectivity index (χ0v) is 45.6. The van der Waals surface area contributed by atoms with Crippen molar-refractivity contribution in [2.24, 2.45) is 0 Å². The number of carbonyl (C=O) groups is 3. The van der Waals surface area contributed by atoms with Crippen molar-refractivity contribution in [2.75, 3.05) is 13.2 Å². The predicted molar refractivity (Wildman–Crippen MR) is 298 cm³/mol. The molecule has 0 radical (unpaired) electrons. The number of rotatable bonds is 53. The van der Waals surface area contributed by atoms with Gasteiger partial charge in [-0.3, -0.25) is 14.4 Å². The fourth-order valence-corrected chi connectivity index (χ4v) is 8.33. The van der Waals surface area contributed by atoms with Gasteiger partial charge in [0.05, 0.1) is 0 Å². The summed E-state index contributed by atoms with van der Waals surface area (Å²) in [6.07, 6.45) is 73.4. The van der Waals surface area contributed by atoms with Crippen molar-refractivity contribution in [3.63, 3.8) is 0 Å². The van der Waals surface area contributed by atoms with Gasteiger partial charge in [-0.2, -0.15) is 0 Å². The van der Waals surface area contributed by atoms with Crippen LogP contribution in [-0.2, 0) is 28.6 Å². The Kier molecular flexibility index (Phi) is 54.8. The van der Waals surface area contributed by atoms with Gasteiger partial charge in [0.2, 0.25) is 0 Å². The summed E-state index contributed by atoms with van der Waals surface area (Å²) < 4.78 is 16.8. The van der Waals surface area contributed by atoms with E-state index in [-0.39, 0.29) is 31.1 Å². The van der Waals surface area contributed by atoms with Gasteiger partial charge >= 0.3 is 17.9 Å². The van der Waals surface area contributed by atoms with Crippen molar-refractivity contribution >= 4 is 17.9 Å². The standard InChI is InChI=1S/C63H110O6/c1-4-7-10-13-16-19-21-22-23-24-25-26-27-28-29-30-31-32-33-34-35-36-37-38-39-40-42-44-47-50-53-56-62(65)68-59-60(58-67-61(64)55-52-49-46-43-18-15-12-9-6-3)69-63(66)57-54-51-48-45-41-20-17-14-11-8-5-2/h7,10,16,19,22-23,25-26,28-29,31-32,60H,4-6,8-9,11-15,17-18,20-21,24,27,30,33-59H2,1-3H3/b10-7-,19-16-,23-22-,26-25-,29-28-,32-31-. The Bertz CT molecular complexity index is 1290. The smallest absolute Gasteiger partial charge is 0.306 e. The predicted octanol–water partition coefficient (Wildman–Crippen LogP) is 19.8. The normalized spacial score (nSPS) is 12.6. The molecule has 6 heteroatoms. The van der Waals surface area contributed by atoms with Gasteiger partial charge in [-0.1, -0.05) is 273 Å². The van der Waals surface area contributed by atoms with E-state index in [1.54, 1.807) is 0 Å². The van der Waals surface area contributed by atoms with E-state index in [4.69, 9.17) is 14.2 Å². The molecular weight excluding hydrogens is 853 g/mol. The van der Waals surface area contributed by atoms with Gasteiger partial charge in [-0.15, -0.1) is 0 Å². The van der Waals surface area contributed by atoms with Gasteiger partial charge in [0.15, 0.2) is 6.10 Å². The quantitative estimate of drug-likeness (QED) is 0.0262. The molecule has 0 amide bonds. The zero-order chi connectivity index (χ0) is 50.0. The van der Waals surface area contributed by atoms with E-state index in [0.29, 0.717) is 19.3 Å². The van der Waals surface area contributed by atoms with Gasteiger partial charge in [-0.25, -0.2) is 0 Å². The zero-order valence-electron chi connectivity index (χ0n) is 45.6. The number of allylic oxidation sites excluding steroid dienone is 12. The lowest BCUT2D eigenvalue weighted by molar-refractivity contribution is -0.167. The molecule has 0 bridgehead atoms. The van der Waals surface area contributed by atoms with Gasteiger partial charge in [-0.05, 0) is 70.6 Å². The Morgan fingerprint density at radius 1 is 0.304 bits per heavy atom. The second-order valence-electron chi connectivity index (χ2n) is 19.5. The first kappa shape index (κ1) is 65.8. The van der Waals surface area contributed by atoms with E-state index >= 15 is 0 Å². The fraction of sp³-hybridized carbons (Fsp3) is 0.762. The fourth-order valence-electron chi connectivity index (χ4n) is 8.33. The first-order valence-electron chi connectivity index (χ1n) is 29.4. The highest BCUT2D eigenvalue weighted by atomic mass is 16.6. The largest absolute Gasteiger partial charge is 0.462 e. The molecule has 0 fully saturated rings. The van der Waals surface area contributed by atoms with Crippen LogP contribution in [-0.4, -0.2) is 37.2 Å². The molecule has 0 aromatic heterocycles. The number of hydrogen-bond donors (Lipinski definition) is 0. The molecule has 1 unspecified atom stereocenters. The van der Waals surface area contributed by atoms with E-state index in [9.17, 15) is 14.4 Å². The summed E-state index contributed by atoms with van der Waals surface area (Å²) in [4.78, 5) is 37.9. The maximum atomic E-state index is 12.8. The Labute approximate surface area is 427 Å². The molecule has 6 nitrogen and oxygen atoms in total. The second-order valence-corrected chi connectivity index (χ2v) is 19.5. The van der Waals surface area contributed by atoms with Crippen molar-refractivity contribution < 1.29 is 28.6 Å². The van der Waals surface area contributed by atoms with Crippen LogP contribution in [0.2, 0.25) is 0 Å². The lowest BCUT2D eigenvalue weighted by atomic mass is 10.0. The molecular formula is C63H110O6. The number of esters is 3. The summed E-state index contributed by atoms with van der Waals surface area (Å²) in [5.41, 5.74) is 0. The van der Waals surface area contributed by atoms with Crippen molar-refractivity contribution in [3.05, 3.63) is 72.9 Å². The summed E-state index contributed by atoms with van der Waals surface area (Å²) >= 11 is 0. The average molecular weight is 964 g/mol. The van der Waals surface area contributed by atoms with Crippen LogP contribution in [0.5, 0.6) is 0 Å². The van der Waals surface area contributed by atoms with Crippen molar-refractivity contribution in [1.29, 1.82) is 0 Å². The van der Waals surface area contributed by atoms with Crippen LogP contribution in [0.1, 0.15) is 290 Å². The van der Waals surface area contributed by atoms with E-state index in [1.165, 1.54) is 154 Å². The maximum absolute atomic E-state index is 12.8. The molecule has 0 aromatic rings. The van der Waals surface area contributed by atoms with Crippen molar-refractivity contribution in [3.8, 4) is 0 Å². The third kappa shape index (κ3) is 55.6. The molecule has 0 aromatic carbocycles. The molecule has 398 valence electrons. The van der Waals surface area contributed by atoms with E-state index in [1.807, 2.05) is 0 Å². The summed E-state index contributed by atoms with van der Waals surface area (Å²) in [6, 6.07) is 0. The first-order valence-corrected chi connectivity index (χ1v) is 29.4. The highest BCUT2D eigenvalue weighted by molar-refractivity contribution is 5.71. The summed E-state index contributed by atoms with van der Waals surface area (Å²) in [7, 11) is 0. The van der Waals surface area contributed by atoms with Gasteiger partial charge < -0.3 is 14.2 Å². The van der Waals surface area contributed by atoms with Crippen LogP contribution in [0.3, 0.4) is 0 Å². The van der Waals surface area contributed by atoms with E-state index in [2.05, 4.69) is 93.7 Å². The first-order chi connectivity index (χ1) is 34.0. The number of hydrogen-bond acceptors (Lipinski definition) is 6. The molecule has 0 aliphatic rings.